The van der Waals surface area contributed by atoms with Crippen LogP contribution in [0.1, 0.15) is 5.56 Å². The van der Waals surface area contributed by atoms with Gasteiger partial charge in [0.25, 0.3) is 10.0 Å². The first kappa shape index (κ1) is 15.7. The first-order chi connectivity index (χ1) is 10.4. The molecular formula is C15H12FNO4S. The number of sulfonamides is 1. The van der Waals surface area contributed by atoms with Gasteiger partial charge in [0.15, 0.2) is 0 Å². The minimum atomic E-state index is -4.37. The topological polar surface area (TPSA) is 74.7 Å². The molecule has 2 aromatic carbocycles. The van der Waals surface area contributed by atoms with E-state index in [1.54, 1.807) is 6.07 Å². The molecule has 0 radical (unpaired) electrons. The van der Waals surface area contributed by atoms with Crippen LogP contribution in [0.15, 0.2) is 65.6 Å². The van der Waals surface area contributed by atoms with Gasteiger partial charge in [-0.1, -0.05) is 39.3 Å². The van der Waals surface area contributed by atoms with E-state index in [0.29, 0.717) is 5.56 Å². The lowest BCUT2D eigenvalue weighted by Gasteiger charge is -2.14. The van der Waals surface area contributed by atoms with E-state index in [4.69, 9.17) is 5.11 Å². The number of aliphatic carboxylic acids is 1. The average Bonchev–Trinajstić information content (AvgIpc) is 2.53. The summed E-state index contributed by atoms with van der Waals surface area (Å²) in [6.45, 7) is 0. The quantitative estimate of drug-likeness (QED) is 0.679. The molecular weight excluding hydrogens is 309 g/mol. The predicted octanol–water partition coefficient (Wildman–Crippen LogP) is 2.86. The third-order valence-electron chi connectivity index (χ3n) is 2.74. The molecule has 0 heterocycles. The summed E-state index contributed by atoms with van der Waals surface area (Å²) in [4.78, 5) is 10.2. The van der Waals surface area contributed by atoms with Crippen LogP contribution in [0.4, 0.5) is 10.2 Å². The van der Waals surface area contributed by atoms with Crippen molar-refractivity contribution in [2.24, 2.45) is 0 Å². The van der Waals surface area contributed by atoms with Crippen molar-refractivity contribution in [1.82, 2.24) is 0 Å². The van der Waals surface area contributed by atoms with E-state index in [9.17, 15) is 17.7 Å². The number of benzene rings is 2. The van der Waals surface area contributed by atoms with Crippen LogP contribution in [-0.2, 0) is 14.8 Å². The van der Waals surface area contributed by atoms with E-state index >= 15 is 0 Å². The van der Waals surface area contributed by atoms with Gasteiger partial charge in [0.2, 0.25) is 0 Å². The molecule has 0 saturated heterocycles. The molecule has 2 aromatic rings. The zero-order valence-corrected chi connectivity index (χ0v) is 12.1. The number of nitrogens with zero attached hydrogens (tertiary/aromatic N) is 1. The number of carboxylic acids is 1. The number of halogens is 1. The summed E-state index contributed by atoms with van der Waals surface area (Å²) in [6.07, 6.45) is 2.10. The SMILES string of the molecule is O=C(O)C=Cc1cccc(S(=O)(=O)N(F)c2ccccc2)c1. The maximum atomic E-state index is 14.2. The van der Waals surface area contributed by atoms with Gasteiger partial charge in [-0.3, -0.25) is 0 Å². The van der Waals surface area contributed by atoms with Crippen LogP contribution < -0.4 is 4.53 Å². The molecule has 22 heavy (non-hydrogen) atoms. The highest BCUT2D eigenvalue weighted by atomic mass is 32.2. The molecule has 0 unspecified atom stereocenters. The molecule has 0 bridgehead atoms. The van der Waals surface area contributed by atoms with Gasteiger partial charge in [-0.2, -0.15) is 8.42 Å². The average molecular weight is 321 g/mol. The maximum absolute atomic E-state index is 14.2. The number of hydrogen-bond acceptors (Lipinski definition) is 3. The fourth-order valence-electron chi connectivity index (χ4n) is 1.72. The second-order valence-corrected chi connectivity index (χ2v) is 6.04. The third kappa shape index (κ3) is 3.50. The van der Waals surface area contributed by atoms with Crippen molar-refractivity contribution in [3.8, 4) is 0 Å². The molecule has 7 heteroatoms. The molecule has 1 N–H and O–H groups in total. The number of carboxylic acid groups (broad SMARTS) is 1. The molecule has 114 valence electrons. The molecule has 0 atom stereocenters. The normalized spacial score (nSPS) is 11.5. The number of anilines is 1. The number of rotatable bonds is 5. The Morgan fingerprint density at radius 1 is 1.09 bits per heavy atom. The molecule has 0 spiro atoms. The van der Waals surface area contributed by atoms with Gasteiger partial charge in [0.1, 0.15) is 0 Å². The van der Waals surface area contributed by atoms with Crippen LogP contribution in [0.2, 0.25) is 0 Å². The van der Waals surface area contributed by atoms with Crippen molar-refractivity contribution >= 4 is 27.8 Å². The maximum Gasteiger partial charge on any atom is 0.328 e. The Hall–Kier alpha value is -2.67. The molecule has 0 aliphatic heterocycles. The first-order valence-electron chi connectivity index (χ1n) is 6.18. The zero-order chi connectivity index (χ0) is 16.2. The lowest BCUT2D eigenvalue weighted by molar-refractivity contribution is -0.131. The van der Waals surface area contributed by atoms with Crippen LogP contribution >= 0.6 is 0 Å². The Bertz CT molecular complexity index is 803. The molecule has 5 nitrogen and oxygen atoms in total. The van der Waals surface area contributed by atoms with E-state index in [-0.39, 0.29) is 15.1 Å². The van der Waals surface area contributed by atoms with E-state index in [0.717, 1.165) is 6.08 Å². The van der Waals surface area contributed by atoms with Gasteiger partial charge in [0, 0.05) is 6.08 Å². The van der Waals surface area contributed by atoms with E-state index in [1.165, 1.54) is 54.6 Å². The summed E-state index contributed by atoms with van der Waals surface area (Å²) < 4.78 is 38.3. The second kappa shape index (κ2) is 6.40. The molecule has 0 saturated carbocycles. The van der Waals surface area contributed by atoms with Gasteiger partial charge < -0.3 is 5.11 Å². The first-order valence-corrected chi connectivity index (χ1v) is 7.62. The Balaban J connectivity index is 2.38. The van der Waals surface area contributed by atoms with Gasteiger partial charge >= 0.3 is 5.97 Å². The Kier molecular flexibility index (Phi) is 4.57. The Morgan fingerprint density at radius 3 is 2.41 bits per heavy atom. The predicted molar refractivity (Wildman–Crippen MR) is 80.3 cm³/mol. The van der Waals surface area contributed by atoms with Gasteiger partial charge in [-0.15, -0.1) is 0 Å². The summed E-state index contributed by atoms with van der Waals surface area (Å²) in [5, 5.41) is 8.57. The fourth-order valence-corrected chi connectivity index (χ4v) is 2.84. The molecule has 2 rings (SSSR count). The smallest absolute Gasteiger partial charge is 0.328 e. The largest absolute Gasteiger partial charge is 0.478 e. The molecule has 0 aromatic heterocycles. The third-order valence-corrected chi connectivity index (χ3v) is 4.23. The van der Waals surface area contributed by atoms with E-state index in [1.807, 2.05) is 0 Å². The fraction of sp³-hybridized carbons (Fsp3) is 0. The summed E-state index contributed by atoms with van der Waals surface area (Å²) in [5.74, 6) is -1.16. The van der Waals surface area contributed by atoms with Crippen molar-refractivity contribution in [3.05, 3.63) is 66.2 Å². The summed E-state index contributed by atoms with van der Waals surface area (Å²) in [7, 11) is -4.37. The summed E-state index contributed by atoms with van der Waals surface area (Å²) >= 11 is 0. The lowest BCUT2D eigenvalue weighted by Crippen LogP contribution is -2.22. The van der Waals surface area contributed by atoms with Crippen molar-refractivity contribution < 1.29 is 22.8 Å². The van der Waals surface area contributed by atoms with E-state index < -0.39 is 16.0 Å². The number of para-hydroxylation sites is 1. The van der Waals surface area contributed by atoms with Crippen molar-refractivity contribution in [3.63, 3.8) is 0 Å². The molecule has 0 aliphatic carbocycles. The van der Waals surface area contributed by atoms with Gasteiger partial charge in [-0.25, -0.2) is 4.79 Å². The van der Waals surface area contributed by atoms with Crippen molar-refractivity contribution in [2.75, 3.05) is 4.53 Å². The molecule has 0 fully saturated rings. The standard InChI is InChI=1S/C15H12FNO4S/c16-17(13-6-2-1-3-7-13)22(20,21)14-8-4-5-12(11-14)9-10-15(18)19/h1-11H,(H,18,19). The van der Waals surface area contributed by atoms with Crippen molar-refractivity contribution in [2.45, 2.75) is 4.90 Å². The summed E-state index contributed by atoms with van der Waals surface area (Å²) in [5.41, 5.74) is 0.221. The second-order valence-electron chi connectivity index (χ2n) is 4.30. The van der Waals surface area contributed by atoms with Crippen LogP contribution in [0.3, 0.4) is 0 Å². The highest BCUT2D eigenvalue weighted by molar-refractivity contribution is 7.92. The van der Waals surface area contributed by atoms with Crippen LogP contribution in [0.5, 0.6) is 0 Å². The van der Waals surface area contributed by atoms with E-state index in [2.05, 4.69) is 0 Å². The van der Waals surface area contributed by atoms with Crippen LogP contribution in [0.25, 0.3) is 6.08 Å². The Morgan fingerprint density at radius 2 is 1.77 bits per heavy atom. The molecule has 0 aliphatic rings. The summed E-state index contributed by atoms with van der Waals surface area (Å²) in [6, 6.07) is 12.7. The van der Waals surface area contributed by atoms with Gasteiger partial charge in [0.05, 0.1) is 10.6 Å². The number of hydrogen-bond donors (Lipinski definition) is 1. The minimum Gasteiger partial charge on any atom is -0.478 e. The minimum absolute atomic E-state index is 0.117. The van der Waals surface area contributed by atoms with Crippen LogP contribution in [0, 0.1) is 0 Å². The lowest BCUT2D eigenvalue weighted by atomic mass is 10.2. The zero-order valence-electron chi connectivity index (χ0n) is 11.3. The Labute approximate surface area is 126 Å². The van der Waals surface area contributed by atoms with Crippen molar-refractivity contribution in [1.29, 1.82) is 0 Å². The monoisotopic (exact) mass is 321 g/mol. The molecule has 0 amide bonds. The number of carbonyl (C=O) groups is 1. The van der Waals surface area contributed by atoms with Gasteiger partial charge in [-0.05, 0) is 35.9 Å². The highest BCUT2D eigenvalue weighted by Gasteiger charge is 2.25. The van der Waals surface area contributed by atoms with Crippen LogP contribution in [-0.4, -0.2) is 19.5 Å². The highest BCUT2D eigenvalue weighted by Crippen LogP contribution is 2.24.